The van der Waals surface area contributed by atoms with Gasteiger partial charge >= 0.3 is 66.7 Å². The normalized spacial score (nSPS) is 21.1. The van der Waals surface area contributed by atoms with E-state index >= 15 is 0 Å². The molecule has 0 aromatic rings. The van der Waals surface area contributed by atoms with Crippen molar-refractivity contribution in [2.75, 3.05) is 0 Å². The molecule has 0 unspecified atom stereocenters. The number of rotatable bonds is 4. The second-order valence-electron chi connectivity index (χ2n) is 10.4. The van der Waals surface area contributed by atoms with Crippen LogP contribution in [0, 0.1) is 0 Å². The summed E-state index contributed by atoms with van der Waals surface area (Å²) in [6.07, 6.45) is -0.500. The fourth-order valence-electron chi connectivity index (χ4n) is 1.51. The van der Waals surface area contributed by atoms with Crippen molar-refractivity contribution in [3.8, 4) is 0 Å². The van der Waals surface area contributed by atoms with E-state index in [0.717, 1.165) is 0 Å². The number of hydrogen-bond donors (Lipinski definition) is 4. The molecule has 0 aliphatic carbocycles. The molecule has 3 aliphatic heterocycles. The van der Waals surface area contributed by atoms with Gasteiger partial charge < -0.3 is 65.4 Å². The fraction of sp³-hybridized carbons (Fsp3) is 1.00. The van der Waals surface area contributed by atoms with Gasteiger partial charge in [-0.2, -0.15) is 0 Å². The van der Waals surface area contributed by atoms with Crippen LogP contribution in [0.1, 0.15) is 41.5 Å². The van der Waals surface area contributed by atoms with E-state index in [1.807, 2.05) is 39.3 Å². The van der Waals surface area contributed by atoms with Gasteiger partial charge in [-0.15, -0.1) is 0 Å². The van der Waals surface area contributed by atoms with Crippen molar-refractivity contribution in [3.05, 3.63) is 0 Å². The van der Waals surface area contributed by atoms with Crippen molar-refractivity contribution < 1.29 is 87.1 Å². The summed E-state index contributed by atoms with van der Waals surface area (Å²) in [6, 6.07) is 0. The Balaban J connectivity index is 0. The standard InChI is InChI=1S/C6H19O12Si9.3C3H8O.Ti/c1-26(2,3)17-24-13-20-8-19(7)9-21-11-22(10-20)12-23(15-24)16-25(14-21)18-27(4,5)6;3*1-3(2)4;/h7H,1-6H3;3*3-4H,1-2H3;. The summed E-state index contributed by atoms with van der Waals surface area (Å²) in [4.78, 5) is 10.1. The van der Waals surface area contributed by atoms with Crippen molar-refractivity contribution in [2.24, 2.45) is 0 Å². The Morgan fingerprint density at radius 3 is 0.900 bits per heavy atom. The molecule has 0 atom stereocenters. The van der Waals surface area contributed by atoms with Gasteiger partial charge in [-0.1, -0.05) is 0 Å². The first-order valence-corrected chi connectivity index (χ1v) is 27.4. The number of aliphatic hydroxyl groups excluding tert-OH is 3. The van der Waals surface area contributed by atoms with E-state index in [4.69, 9.17) is 60.6 Å². The maximum Gasteiger partial charge on any atom is 0.558 e. The summed E-state index contributed by atoms with van der Waals surface area (Å²) in [5, 5.41) is 24.2. The summed E-state index contributed by atoms with van der Waals surface area (Å²) in [6.45, 7) is 22.3. The Kier molecular flexibility index (Phi) is 24.0. The minimum atomic E-state index is -2.72. The van der Waals surface area contributed by atoms with E-state index in [1.54, 1.807) is 41.5 Å². The van der Waals surface area contributed by atoms with Gasteiger partial charge in [0.1, 0.15) is 0 Å². The minimum Gasteiger partial charge on any atom is -0.415 e. The molecule has 0 amide bonds. The van der Waals surface area contributed by atoms with Gasteiger partial charge in [-0.3, -0.25) is 0 Å². The fourth-order valence-corrected chi connectivity index (χ4v) is 20.8. The second kappa shape index (κ2) is 21.7. The smallest absolute Gasteiger partial charge is 0.415 e. The van der Waals surface area contributed by atoms with Crippen LogP contribution in [0.4, 0.5) is 0 Å². The van der Waals surface area contributed by atoms with Crippen molar-refractivity contribution >= 4 is 83.3 Å². The first-order valence-electron chi connectivity index (χ1n) is 12.0. The van der Waals surface area contributed by atoms with Gasteiger partial charge in [0.15, 0.2) is 16.6 Å². The molecule has 0 aromatic heterocycles. The quantitative estimate of drug-likeness (QED) is 0.279. The molecule has 3 fully saturated rings. The molecule has 3 heterocycles. The van der Waals surface area contributed by atoms with Crippen LogP contribution >= 0.6 is 0 Å². The molecule has 15 nitrogen and oxygen atoms in total. The molecular formula is C15H43O15Si9Ti. The van der Waals surface area contributed by atoms with Gasteiger partial charge in [0.2, 0.25) is 0 Å². The predicted molar refractivity (Wildman–Crippen MR) is 153 cm³/mol. The molecule has 25 heteroatoms. The zero-order chi connectivity index (χ0) is 30.6. The van der Waals surface area contributed by atoms with E-state index in [9.17, 15) is 4.80 Å². The molecule has 40 heavy (non-hydrogen) atoms. The third-order valence-electron chi connectivity index (χ3n) is 2.29. The van der Waals surface area contributed by atoms with Gasteiger partial charge in [0.05, 0.1) is 0 Å². The molecular weight excluding hydrogens is 721 g/mol. The van der Waals surface area contributed by atoms with Crippen LogP contribution in [0.25, 0.3) is 0 Å². The summed E-state index contributed by atoms with van der Waals surface area (Å²) in [5.74, 6) is 0. The van der Waals surface area contributed by atoms with Crippen molar-refractivity contribution in [2.45, 2.75) is 99.1 Å². The maximum atomic E-state index is 10.1. The van der Waals surface area contributed by atoms with Crippen LogP contribution in [0.15, 0.2) is 0 Å². The van der Waals surface area contributed by atoms with E-state index < -0.39 is 83.3 Å². The van der Waals surface area contributed by atoms with Crippen molar-refractivity contribution in [1.82, 2.24) is 0 Å². The van der Waals surface area contributed by atoms with Gasteiger partial charge in [0, 0.05) is 40.0 Å². The molecule has 0 aromatic carbocycles. The number of aliphatic hydroxyl groups is 3. The Morgan fingerprint density at radius 1 is 0.475 bits per heavy atom. The third kappa shape index (κ3) is 26.5. The Hall–Kier alpha value is 2.07. The van der Waals surface area contributed by atoms with E-state index in [2.05, 4.69) is 0 Å². The first-order chi connectivity index (χ1) is 17.6. The Labute approximate surface area is 268 Å². The van der Waals surface area contributed by atoms with Crippen LogP contribution in [0.3, 0.4) is 0 Å². The van der Waals surface area contributed by atoms with Crippen LogP contribution in [0.2, 0.25) is 39.3 Å². The molecule has 233 valence electrons. The Bertz CT molecular complexity index is 587. The van der Waals surface area contributed by atoms with E-state index in [0.29, 0.717) is 0 Å². The largest absolute Gasteiger partial charge is 0.558 e. The van der Waals surface area contributed by atoms with Crippen LogP contribution in [-0.4, -0.2) is 122 Å². The predicted octanol–water partition coefficient (Wildman–Crippen LogP) is -0.0750. The van der Waals surface area contributed by atoms with Crippen LogP contribution in [-0.2, 0) is 67.0 Å². The average Bonchev–Trinajstić information content (AvgIpc) is 2.59. The number of fused-ring (bicyclic) bond motifs is 3. The second-order valence-corrected chi connectivity index (χ2v) is 31.4. The molecule has 4 N–H and O–H groups in total. The molecule has 0 spiro atoms. The molecule has 3 aliphatic rings. The minimum absolute atomic E-state index is 0. The van der Waals surface area contributed by atoms with Crippen molar-refractivity contribution in [3.63, 3.8) is 0 Å². The molecule has 0 saturated carbocycles. The summed E-state index contributed by atoms with van der Waals surface area (Å²) in [5.41, 5.74) is 0. The zero-order valence-corrected chi connectivity index (χ0v) is 35.6. The summed E-state index contributed by atoms with van der Waals surface area (Å²) < 4.78 is 63.2. The summed E-state index contributed by atoms with van der Waals surface area (Å²) in [7, 11) is -20.9. The zero-order valence-electron chi connectivity index (χ0n) is 25.0. The van der Waals surface area contributed by atoms with Gasteiger partial charge in [-0.05, 0) is 80.8 Å². The van der Waals surface area contributed by atoms with Gasteiger partial charge in [-0.25, -0.2) is 0 Å². The van der Waals surface area contributed by atoms with E-state index in [-0.39, 0.29) is 40.0 Å². The van der Waals surface area contributed by atoms with Crippen molar-refractivity contribution in [1.29, 1.82) is 0 Å². The molecule has 3 saturated heterocycles. The Morgan fingerprint density at radius 2 is 0.675 bits per heavy atom. The van der Waals surface area contributed by atoms with Gasteiger partial charge in [0.25, 0.3) is 0 Å². The molecule has 4 bridgehead atoms. The maximum absolute atomic E-state index is 10.1. The monoisotopic (exact) mass is 763 g/mol. The summed E-state index contributed by atoms with van der Waals surface area (Å²) >= 11 is 0. The number of hydrogen-bond acceptors (Lipinski definition) is 15. The first kappa shape index (κ1) is 44.2. The van der Waals surface area contributed by atoms with E-state index in [1.165, 1.54) is 0 Å². The average molecular weight is 764 g/mol. The topological polar surface area (TPSA) is 182 Å². The van der Waals surface area contributed by atoms with Crippen LogP contribution < -0.4 is 0 Å². The molecule has 3 rings (SSSR count). The SMILES string of the molecule is CC(C)O.CC(C)O.CC(C)O.C[Si](C)(C)O[Si]1O[Si]2O[Si](O)O[Si]3O[Si](O2)O[Si](O1)O[Si](O[Si](C)(C)C)O3.[Ti]. The molecule has 7 radical (unpaired) electrons. The third-order valence-corrected chi connectivity index (χ3v) is 20.6. The van der Waals surface area contributed by atoms with Crippen LogP contribution in [0.5, 0.6) is 0 Å².